The monoisotopic (exact) mass is 345 g/mol. The fourth-order valence-corrected chi connectivity index (χ4v) is 3.42. The zero-order valence-electron chi connectivity index (χ0n) is 13.5. The van der Waals surface area contributed by atoms with Gasteiger partial charge in [0.15, 0.2) is 5.69 Å². The summed E-state index contributed by atoms with van der Waals surface area (Å²) >= 11 is 6.08. The minimum atomic E-state index is -0.157. The standard InChI is InChI=1S/C18H20ClN3O2/c1-11-9-22(14-4-2-3-13(19)7-14)10-16(11)20-18(23)15-8-17(24-21-15)12-5-6-12/h2-4,7-8,11-12,16H,5-6,9-10H2,1H3,(H,20,23)/t11-,16+/m1/s1. The van der Waals surface area contributed by atoms with Gasteiger partial charge >= 0.3 is 0 Å². The summed E-state index contributed by atoms with van der Waals surface area (Å²) < 4.78 is 5.27. The van der Waals surface area contributed by atoms with Crippen LogP contribution in [0, 0.1) is 5.92 Å². The molecule has 1 amide bonds. The minimum absolute atomic E-state index is 0.0811. The number of nitrogens with zero attached hydrogens (tertiary/aromatic N) is 2. The lowest BCUT2D eigenvalue weighted by atomic mass is 10.1. The molecule has 0 radical (unpaired) electrons. The molecule has 1 aromatic carbocycles. The van der Waals surface area contributed by atoms with Crippen molar-refractivity contribution in [1.29, 1.82) is 0 Å². The summed E-state index contributed by atoms with van der Waals surface area (Å²) in [6, 6.07) is 9.67. The molecule has 1 aromatic heterocycles. The van der Waals surface area contributed by atoms with Crippen molar-refractivity contribution in [1.82, 2.24) is 10.5 Å². The smallest absolute Gasteiger partial charge is 0.273 e. The molecule has 1 aliphatic heterocycles. The molecule has 6 heteroatoms. The second-order valence-corrected chi connectivity index (χ2v) is 7.27. The minimum Gasteiger partial charge on any atom is -0.369 e. The highest BCUT2D eigenvalue weighted by Gasteiger charge is 2.33. The number of benzene rings is 1. The van der Waals surface area contributed by atoms with Gasteiger partial charge in [0.2, 0.25) is 0 Å². The van der Waals surface area contributed by atoms with Gasteiger partial charge in [0.05, 0.1) is 6.04 Å². The second-order valence-electron chi connectivity index (χ2n) is 6.83. The zero-order valence-corrected chi connectivity index (χ0v) is 14.3. The van der Waals surface area contributed by atoms with Crippen molar-refractivity contribution in [2.24, 2.45) is 5.92 Å². The predicted molar refractivity (Wildman–Crippen MR) is 92.6 cm³/mol. The van der Waals surface area contributed by atoms with Gasteiger partial charge in [0, 0.05) is 35.8 Å². The van der Waals surface area contributed by atoms with E-state index in [4.69, 9.17) is 16.1 Å². The van der Waals surface area contributed by atoms with E-state index in [1.165, 1.54) is 0 Å². The van der Waals surface area contributed by atoms with Crippen molar-refractivity contribution in [3.05, 3.63) is 46.8 Å². The van der Waals surface area contributed by atoms with Gasteiger partial charge in [-0.25, -0.2) is 0 Å². The number of rotatable bonds is 4. The van der Waals surface area contributed by atoms with Crippen LogP contribution < -0.4 is 10.2 Å². The molecule has 2 aliphatic rings. The predicted octanol–water partition coefficient (Wildman–Crippen LogP) is 3.46. The summed E-state index contributed by atoms with van der Waals surface area (Å²) in [5, 5.41) is 7.74. The van der Waals surface area contributed by atoms with Gasteiger partial charge in [0.1, 0.15) is 5.76 Å². The Bertz CT molecular complexity index is 756. The Morgan fingerprint density at radius 1 is 1.33 bits per heavy atom. The maximum atomic E-state index is 12.4. The molecule has 1 aliphatic carbocycles. The van der Waals surface area contributed by atoms with E-state index in [9.17, 15) is 4.79 Å². The van der Waals surface area contributed by atoms with Crippen LogP contribution in [0.2, 0.25) is 5.02 Å². The summed E-state index contributed by atoms with van der Waals surface area (Å²) in [6.45, 7) is 3.80. The van der Waals surface area contributed by atoms with E-state index in [2.05, 4.69) is 22.3 Å². The average Bonchev–Trinajstić information content (AvgIpc) is 3.18. The number of carbonyl (C=O) groups excluding carboxylic acids is 1. The molecule has 126 valence electrons. The third kappa shape index (κ3) is 3.13. The molecule has 2 fully saturated rings. The van der Waals surface area contributed by atoms with E-state index in [1.807, 2.05) is 24.3 Å². The molecule has 5 nitrogen and oxygen atoms in total. The van der Waals surface area contributed by atoms with Crippen LogP contribution in [-0.4, -0.2) is 30.2 Å². The fourth-order valence-electron chi connectivity index (χ4n) is 3.24. The number of hydrogen-bond acceptors (Lipinski definition) is 4. The number of carbonyl (C=O) groups is 1. The van der Waals surface area contributed by atoms with Crippen LogP contribution in [0.1, 0.15) is 41.9 Å². The van der Waals surface area contributed by atoms with E-state index >= 15 is 0 Å². The number of hydrogen-bond donors (Lipinski definition) is 1. The molecular formula is C18H20ClN3O2. The molecule has 2 aromatic rings. The lowest BCUT2D eigenvalue weighted by Crippen LogP contribution is -2.40. The van der Waals surface area contributed by atoms with Crippen molar-refractivity contribution in [3.63, 3.8) is 0 Å². The normalized spacial score (nSPS) is 23.5. The highest BCUT2D eigenvalue weighted by atomic mass is 35.5. The molecule has 0 bridgehead atoms. The average molecular weight is 346 g/mol. The quantitative estimate of drug-likeness (QED) is 0.922. The second kappa shape index (κ2) is 6.13. The maximum absolute atomic E-state index is 12.4. The highest BCUT2D eigenvalue weighted by Crippen LogP contribution is 2.40. The van der Waals surface area contributed by atoms with Gasteiger partial charge in [-0.05, 0) is 37.0 Å². The van der Waals surface area contributed by atoms with Crippen molar-refractivity contribution < 1.29 is 9.32 Å². The van der Waals surface area contributed by atoms with Gasteiger partial charge < -0.3 is 14.7 Å². The third-order valence-corrected chi connectivity index (χ3v) is 5.08. The van der Waals surface area contributed by atoms with E-state index in [1.54, 1.807) is 6.07 Å². The molecule has 1 saturated carbocycles. The van der Waals surface area contributed by atoms with Crippen LogP contribution in [0.3, 0.4) is 0 Å². The van der Waals surface area contributed by atoms with Crippen LogP contribution in [0.5, 0.6) is 0 Å². The summed E-state index contributed by atoms with van der Waals surface area (Å²) in [5.41, 5.74) is 1.47. The molecule has 0 unspecified atom stereocenters. The zero-order chi connectivity index (χ0) is 16.7. The summed E-state index contributed by atoms with van der Waals surface area (Å²) in [4.78, 5) is 14.7. The van der Waals surface area contributed by atoms with Crippen molar-refractivity contribution >= 4 is 23.2 Å². The Kier molecular flexibility index (Phi) is 3.96. The molecular weight excluding hydrogens is 326 g/mol. The van der Waals surface area contributed by atoms with E-state index in [0.717, 1.165) is 42.4 Å². The van der Waals surface area contributed by atoms with Crippen LogP contribution in [0.4, 0.5) is 5.69 Å². The molecule has 2 heterocycles. The number of halogens is 1. The van der Waals surface area contributed by atoms with Gasteiger partial charge in [-0.1, -0.05) is 29.7 Å². The number of anilines is 1. The first kappa shape index (κ1) is 15.5. The maximum Gasteiger partial charge on any atom is 0.273 e. The SMILES string of the molecule is C[C@@H]1CN(c2cccc(Cl)c2)C[C@@H]1NC(=O)c1cc(C2CC2)on1. The van der Waals surface area contributed by atoms with Crippen LogP contribution in [-0.2, 0) is 0 Å². The Morgan fingerprint density at radius 2 is 2.17 bits per heavy atom. The Balaban J connectivity index is 1.41. The molecule has 1 N–H and O–H groups in total. The highest BCUT2D eigenvalue weighted by molar-refractivity contribution is 6.30. The number of aromatic nitrogens is 1. The lowest BCUT2D eigenvalue weighted by Gasteiger charge is -2.19. The van der Waals surface area contributed by atoms with Crippen molar-refractivity contribution in [2.45, 2.75) is 31.7 Å². The Hall–Kier alpha value is -2.01. The van der Waals surface area contributed by atoms with Gasteiger partial charge in [-0.15, -0.1) is 0 Å². The summed E-state index contributed by atoms with van der Waals surface area (Å²) in [5.74, 6) is 1.49. The number of amides is 1. The van der Waals surface area contributed by atoms with Crippen LogP contribution >= 0.6 is 11.6 Å². The van der Waals surface area contributed by atoms with Crippen molar-refractivity contribution in [2.75, 3.05) is 18.0 Å². The first-order valence-electron chi connectivity index (χ1n) is 8.38. The van der Waals surface area contributed by atoms with E-state index in [0.29, 0.717) is 17.5 Å². The number of nitrogens with one attached hydrogen (secondary N) is 1. The van der Waals surface area contributed by atoms with Gasteiger partial charge in [0.25, 0.3) is 5.91 Å². The molecule has 24 heavy (non-hydrogen) atoms. The first-order valence-corrected chi connectivity index (χ1v) is 8.76. The molecule has 1 saturated heterocycles. The first-order chi connectivity index (χ1) is 11.6. The molecule has 2 atom stereocenters. The fraction of sp³-hybridized carbons (Fsp3) is 0.444. The van der Waals surface area contributed by atoms with Gasteiger partial charge in [-0.2, -0.15) is 0 Å². The molecule has 0 spiro atoms. The Labute approximate surface area is 146 Å². The van der Waals surface area contributed by atoms with Gasteiger partial charge in [-0.3, -0.25) is 4.79 Å². The van der Waals surface area contributed by atoms with Crippen molar-refractivity contribution in [3.8, 4) is 0 Å². The largest absolute Gasteiger partial charge is 0.369 e. The molecule has 4 rings (SSSR count). The third-order valence-electron chi connectivity index (χ3n) is 4.84. The van der Waals surface area contributed by atoms with Crippen LogP contribution in [0.25, 0.3) is 0 Å². The summed E-state index contributed by atoms with van der Waals surface area (Å²) in [6.07, 6.45) is 2.26. The summed E-state index contributed by atoms with van der Waals surface area (Å²) in [7, 11) is 0. The van der Waals surface area contributed by atoms with E-state index < -0.39 is 0 Å². The Morgan fingerprint density at radius 3 is 2.92 bits per heavy atom. The van der Waals surface area contributed by atoms with Crippen LogP contribution in [0.15, 0.2) is 34.9 Å². The lowest BCUT2D eigenvalue weighted by molar-refractivity contribution is 0.0924. The topological polar surface area (TPSA) is 58.4 Å². The van der Waals surface area contributed by atoms with E-state index in [-0.39, 0.29) is 11.9 Å².